The quantitative estimate of drug-likeness (QED) is 0.283. The summed E-state index contributed by atoms with van der Waals surface area (Å²) < 4.78 is 5.43. The van der Waals surface area contributed by atoms with E-state index in [2.05, 4.69) is 57.5 Å². The molecule has 0 amide bonds. The number of aromatic nitrogens is 1. The standard InChI is InChI=1S/C24H36N6O.HI/c1-4-25-24(26-13-12-21-8-6-7-9-22(21)31-3)28-19-20-10-11-23(27-18-20)30-16-14-29(5-2)15-17-30;/h6-11,18H,4-5,12-17,19H2,1-3H3,(H2,25,26,28);1H. The first-order valence-corrected chi connectivity index (χ1v) is 11.3. The molecule has 2 aromatic rings. The summed E-state index contributed by atoms with van der Waals surface area (Å²) in [5, 5.41) is 6.73. The summed E-state index contributed by atoms with van der Waals surface area (Å²) in [5.74, 6) is 2.80. The number of nitrogens with zero attached hydrogens (tertiary/aromatic N) is 4. The van der Waals surface area contributed by atoms with Crippen molar-refractivity contribution >= 4 is 35.8 Å². The monoisotopic (exact) mass is 552 g/mol. The van der Waals surface area contributed by atoms with Crippen molar-refractivity contribution in [3.05, 3.63) is 53.7 Å². The second kappa shape index (κ2) is 14.2. The zero-order chi connectivity index (χ0) is 21.9. The summed E-state index contributed by atoms with van der Waals surface area (Å²) in [7, 11) is 1.71. The minimum atomic E-state index is 0. The van der Waals surface area contributed by atoms with Gasteiger partial charge in [0, 0.05) is 45.5 Å². The molecule has 176 valence electrons. The van der Waals surface area contributed by atoms with Crippen molar-refractivity contribution in [2.75, 3.05) is 57.8 Å². The minimum absolute atomic E-state index is 0. The van der Waals surface area contributed by atoms with Gasteiger partial charge in [-0.15, -0.1) is 24.0 Å². The van der Waals surface area contributed by atoms with Crippen LogP contribution in [0, 0.1) is 0 Å². The summed E-state index contributed by atoms with van der Waals surface area (Å²) in [5.41, 5.74) is 2.30. The van der Waals surface area contributed by atoms with Crippen molar-refractivity contribution in [3.8, 4) is 5.75 Å². The number of aliphatic imine (C=N–C) groups is 1. The summed E-state index contributed by atoms with van der Waals surface area (Å²) in [4.78, 5) is 14.2. The molecule has 0 unspecified atom stereocenters. The van der Waals surface area contributed by atoms with Gasteiger partial charge in [-0.05, 0) is 43.1 Å². The Morgan fingerprint density at radius 1 is 1.06 bits per heavy atom. The maximum absolute atomic E-state index is 5.43. The SMILES string of the molecule is CCNC(=NCc1ccc(N2CCN(CC)CC2)nc1)NCCc1ccccc1OC.I. The number of rotatable bonds is 9. The Bertz CT molecular complexity index is 821. The van der Waals surface area contributed by atoms with Crippen molar-refractivity contribution in [3.63, 3.8) is 0 Å². The number of benzene rings is 1. The molecule has 1 saturated heterocycles. The van der Waals surface area contributed by atoms with E-state index >= 15 is 0 Å². The van der Waals surface area contributed by atoms with E-state index in [0.717, 1.165) is 75.3 Å². The molecule has 8 heteroatoms. The summed E-state index contributed by atoms with van der Waals surface area (Å²) in [6, 6.07) is 12.4. The zero-order valence-electron chi connectivity index (χ0n) is 19.5. The van der Waals surface area contributed by atoms with Crippen LogP contribution in [0.1, 0.15) is 25.0 Å². The Hall–Kier alpha value is -2.07. The predicted molar refractivity (Wildman–Crippen MR) is 143 cm³/mol. The number of piperazine rings is 1. The number of nitrogens with one attached hydrogen (secondary N) is 2. The lowest BCUT2D eigenvalue weighted by Gasteiger charge is -2.34. The summed E-state index contributed by atoms with van der Waals surface area (Å²) >= 11 is 0. The van der Waals surface area contributed by atoms with Crippen LogP contribution in [0.4, 0.5) is 5.82 Å². The molecule has 0 bridgehead atoms. The molecule has 1 fully saturated rings. The van der Waals surface area contributed by atoms with Crippen LogP contribution < -0.4 is 20.3 Å². The van der Waals surface area contributed by atoms with E-state index in [-0.39, 0.29) is 24.0 Å². The molecule has 1 aliphatic rings. The molecule has 3 rings (SSSR count). The van der Waals surface area contributed by atoms with Crippen LogP contribution in [-0.4, -0.2) is 68.8 Å². The van der Waals surface area contributed by atoms with Gasteiger partial charge in [0.05, 0.1) is 13.7 Å². The van der Waals surface area contributed by atoms with Crippen LogP contribution in [0.25, 0.3) is 0 Å². The molecule has 1 aromatic carbocycles. The van der Waals surface area contributed by atoms with Crippen molar-refractivity contribution in [2.45, 2.75) is 26.8 Å². The fraction of sp³-hybridized carbons (Fsp3) is 0.500. The van der Waals surface area contributed by atoms with Gasteiger partial charge in [0.25, 0.3) is 0 Å². The third-order valence-electron chi connectivity index (χ3n) is 5.60. The van der Waals surface area contributed by atoms with Crippen LogP contribution in [0.2, 0.25) is 0 Å². The van der Waals surface area contributed by atoms with Gasteiger partial charge >= 0.3 is 0 Å². The first kappa shape index (κ1) is 26.2. The Kier molecular flexibility index (Phi) is 11.6. The van der Waals surface area contributed by atoms with E-state index < -0.39 is 0 Å². The number of hydrogen-bond acceptors (Lipinski definition) is 5. The highest BCUT2D eigenvalue weighted by Gasteiger charge is 2.16. The predicted octanol–water partition coefficient (Wildman–Crippen LogP) is 3.15. The Morgan fingerprint density at radius 3 is 2.50 bits per heavy atom. The van der Waals surface area contributed by atoms with Gasteiger partial charge in [-0.1, -0.05) is 31.2 Å². The average molecular weight is 553 g/mol. The number of halogens is 1. The van der Waals surface area contributed by atoms with Gasteiger partial charge in [-0.25, -0.2) is 9.98 Å². The largest absolute Gasteiger partial charge is 0.496 e. The highest BCUT2D eigenvalue weighted by Crippen LogP contribution is 2.17. The van der Waals surface area contributed by atoms with Crippen LogP contribution in [0.5, 0.6) is 5.75 Å². The van der Waals surface area contributed by atoms with Gasteiger partial charge < -0.3 is 25.2 Å². The first-order valence-electron chi connectivity index (χ1n) is 11.3. The van der Waals surface area contributed by atoms with Crippen molar-refractivity contribution in [1.29, 1.82) is 0 Å². The molecular weight excluding hydrogens is 515 g/mol. The highest BCUT2D eigenvalue weighted by molar-refractivity contribution is 14.0. The van der Waals surface area contributed by atoms with Crippen molar-refractivity contribution in [1.82, 2.24) is 20.5 Å². The van der Waals surface area contributed by atoms with Gasteiger partial charge in [0.15, 0.2) is 5.96 Å². The van der Waals surface area contributed by atoms with Crippen LogP contribution in [-0.2, 0) is 13.0 Å². The molecule has 2 N–H and O–H groups in total. The molecule has 1 aromatic heterocycles. The fourth-order valence-electron chi connectivity index (χ4n) is 3.73. The van der Waals surface area contributed by atoms with Gasteiger partial charge in [0.1, 0.15) is 11.6 Å². The van der Waals surface area contributed by atoms with E-state index in [1.54, 1.807) is 7.11 Å². The molecule has 0 saturated carbocycles. The van der Waals surface area contributed by atoms with Gasteiger partial charge in [0.2, 0.25) is 0 Å². The second-order valence-corrected chi connectivity index (χ2v) is 7.63. The van der Waals surface area contributed by atoms with Crippen LogP contribution >= 0.6 is 24.0 Å². The molecule has 7 nitrogen and oxygen atoms in total. The molecule has 0 aliphatic carbocycles. The molecule has 0 atom stereocenters. The van der Waals surface area contributed by atoms with Gasteiger partial charge in [-0.2, -0.15) is 0 Å². The van der Waals surface area contributed by atoms with E-state index in [1.807, 2.05) is 24.4 Å². The lowest BCUT2D eigenvalue weighted by atomic mass is 10.1. The smallest absolute Gasteiger partial charge is 0.191 e. The van der Waals surface area contributed by atoms with Crippen molar-refractivity contribution < 1.29 is 4.74 Å². The number of likely N-dealkylation sites (N-methyl/N-ethyl adjacent to an activating group) is 1. The second-order valence-electron chi connectivity index (χ2n) is 7.63. The number of guanidine groups is 1. The maximum atomic E-state index is 5.43. The molecule has 2 heterocycles. The molecule has 0 radical (unpaired) electrons. The maximum Gasteiger partial charge on any atom is 0.191 e. The minimum Gasteiger partial charge on any atom is -0.496 e. The number of methoxy groups -OCH3 is 1. The molecule has 32 heavy (non-hydrogen) atoms. The summed E-state index contributed by atoms with van der Waals surface area (Å²) in [6.45, 7) is 11.9. The first-order chi connectivity index (χ1) is 15.2. The topological polar surface area (TPSA) is 65.0 Å². The van der Waals surface area contributed by atoms with Crippen LogP contribution in [0.3, 0.4) is 0 Å². The fourth-order valence-corrected chi connectivity index (χ4v) is 3.73. The number of para-hydroxylation sites is 1. The lowest BCUT2D eigenvalue weighted by molar-refractivity contribution is 0.270. The van der Waals surface area contributed by atoms with E-state index in [9.17, 15) is 0 Å². The van der Waals surface area contributed by atoms with Crippen LogP contribution in [0.15, 0.2) is 47.6 Å². The number of ether oxygens (including phenoxy) is 1. The highest BCUT2D eigenvalue weighted by atomic mass is 127. The average Bonchev–Trinajstić information content (AvgIpc) is 2.83. The normalized spacial score (nSPS) is 14.6. The third kappa shape index (κ3) is 7.81. The van der Waals surface area contributed by atoms with Crippen molar-refractivity contribution in [2.24, 2.45) is 4.99 Å². The molecular formula is C24H37IN6O. The molecule has 1 aliphatic heterocycles. The Labute approximate surface area is 209 Å². The Balaban J connectivity index is 0.00000363. The van der Waals surface area contributed by atoms with E-state index in [1.165, 1.54) is 5.56 Å². The van der Waals surface area contributed by atoms with Gasteiger partial charge in [-0.3, -0.25) is 0 Å². The zero-order valence-corrected chi connectivity index (χ0v) is 21.8. The number of anilines is 1. The molecule has 0 spiro atoms. The third-order valence-corrected chi connectivity index (χ3v) is 5.60. The lowest BCUT2D eigenvalue weighted by Crippen LogP contribution is -2.46. The number of pyridine rings is 1. The summed E-state index contributed by atoms with van der Waals surface area (Å²) in [6.07, 6.45) is 2.82. The Morgan fingerprint density at radius 2 is 1.84 bits per heavy atom. The number of hydrogen-bond donors (Lipinski definition) is 2. The van der Waals surface area contributed by atoms with E-state index in [4.69, 9.17) is 9.73 Å². The van der Waals surface area contributed by atoms with E-state index in [0.29, 0.717) is 6.54 Å².